The van der Waals surface area contributed by atoms with E-state index in [0.717, 1.165) is 39.3 Å². The quantitative estimate of drug-likeness (QED) is 0.438. The first-order chi connectivity index (χ1) is 13.3. The lowest BCUT2D eigenvalue weighted by Gasteiger charge is -2.15. The van der Waals surface area contributed by atoms with Crippen molar-refractivity contribution < 1.29 is 4.74 Å². The molecule has 0 bridgehead atoms. The number of benzene rings is 3. The first kappa shape index (κ1) is 17.2. The minimum atomic E-state index is 0.610. The van der Waals surface area contributed by atoms with Crippen molar-refractivity contribution in [3.63, 3.8) is 0 Å². The first-order valence-electron chi connectivity index (χ1n) is 8.66. The van der Waals surface area contributed by atoms with Crippen LogP contribution in [0.5, 0.6) is 5.75 Å². The highest BCUT2D eigenvalue weighted by atomic mass is 32.1. The van der Waals surface area contributed by atoms with Crippen LogP contribution in [0, 0.1) is 4.64 Å². The van der Waals surface area contributed by atoms with Crippen LogP contribution in [0.2, 0.25) is 0 Å². The van der Waals surface area contributed by atoms with Gasteiger partial charge in [0.25, 0.3) is 0 Å². The molecule has 0 fully saturated rings. The minimum Gasteiger partial charge on any atom is -0.497 e. The number of nitrogens with one attached hydrogen (secondary N) is 1. The number of aromatic nitrogens is 2. The van der Waals surface area contributed by atoms with E-state index in [1.54, 1.807) is 7.11 Å². The van der Waals surface area contributed by atoms with Gasteiger partial charge in [0, 0.05) is 16.7 Å². The predicted molar refractivity (Wildman–Crippen MR) is 112 cm³/mol. The van der Waals surface area contributed by atoms with Crippen molar-refractivity contribution in [2.24, 2.45) is 0 Å². The molecule has 4 rings (SSSR count). The second-order valence-corrected chi connectivity index (χ2v) is 6.52. The molecule has 0 aliphatic rings. The third-order valence-corrected chi connectivity index (χ3v) is 4.77. The van der Waals surface area contributed by atoms with E-state index < -0.39 is 0 Å². The number of H-pyrrole nitrogens is 1. The number of ether oxygens (including phenoxy) is 1. The van der Waals surface area contributed by atoms with Crippen LogP contribution in [-0.4, -0.2) is 17.3 Å². The van der Waals surface area contributed by atoms with Crippen molar-refractivity contribution in [2.45, 2.75) is 0 Å². The molecule has 4 aromatic rings. The number of hydrogen-bond acceptors (Lipinski definition) is 3. The number of nitrogens with zero attached hydrogens (tertiary/aromatic N) is 1. The van der Waals surface area contributed by atoms with Gasteiger partial charge in [0.2, 0.25) is 0 Å². The summed E-state index contributed by atoms with van der Waals surface area (Å²) >= 11 is 5.64. The molecule has 1 N–H and O–H groups in total. The zero-order chi connectivity index (χ0) is 18.6. The van der Waals surface area contributed by atoms with Gasteiger partial charge < -0.3 is 4.74 Å². The van der Waals surface area contributed by atoms with Gasteiger partial charge in [0.1, 0.15) is 10.4 Å². The standard InChI is InChI=1S/C23H18N2OS/c1-26-19-14-12-17(13-15-19)21-20(16-8-4-2-5-9-16)22(24-25-23(21)27)18-10-6-3-7-11-18/h2-15H,1H3,(H,25,27). The lowest BCUT2D eigenvalue weighted by molar-refractivity contribution is 0.415. The molecule has 0 radical (unpaired) electrons. The summed E-state index contributed by atoms with van der Waals surface area (Å²) in [6.07, 6.45) is 0. The first-order valence-corrected chi connectivity index (χ1v) is 9.06. The molecule has 27 heavy (non-hydrogen) atoms. The highest BCUT2D eigenvalue weighted by Crippen LogP contribution is 2.39. The zero-order valence-corrected chi connectivity index (χ0v) is 15.7. The third-order valence-electron chi connectivity index (χ3n) is 4.47. The van der Waals surface area contributed by atoms with Gasteiger partial charge in [-0.15, -0.1) is 0 Å². The van der Waals surface area contributed by atoms with Crippen LogP contribution >= 0.6 is 12.2 Å². The molecule has 0 atom stereocenters. The Labute approximate surface area is 163 Å². The van der Waals surface area contributed by atoms with E-state index >= 15 is 0 Å². The van der Waals surface area contributed by atoms with Crippen molar-refractivity contribution in [1.82, 2.24) is 10.2 Å². The van der Waals surface area contributed by atoms with Crippen LogP contribution in [0.3, 0.4) is 0 Å². The number of rotatable bonds is 4. The Morgan fingerprint density at radius 3 is 1.85 bits per heavy atom. The number of methoxy groups -OCH3 is 1. The molecule has 132 valence electrons. The highest BCUT2D eigenvalue weighted by molar-refractivity contribution is 7.71. The van der Waals surface area contributed by atoms with E-state index in [2.05, 4.69) is 34.5 Å². The fraction of sp³-hybridized carbons (Fsp3) is 0.0435. The molecule has 3 nitrogen and oxygen atoms in total. The summed E-state index contributed by atoms with van der Waals surface area (Å²) in [7, 11) is 1.66. The summed E-state index contributed by atoms with van der Waals surface area (Å²) < 4.78 is 5.91. The maximum absolute atomic E-state index is 5.64. The number of aromatic amines is 1. The summed E-state index contributed by atoms with van der Waals surface area (Å²) in [6.45, 7) is 0. The van der Waals surface area contributed by atoms with Gasteiger partial charge >= 0.3 is 0 Å². The van der Waals surface area contributed by atoms with Gasteiger partial charge in [-0.05, 0) is 23.3 Å². The van der Waals surface area contributed by atoms with Gasteiger partial charge in [-0.3, -0.25) is 5.10 Å². The third kappa shape index (κ3) is 3.39. The Hall–Kier alpha value is -3.24. The van der Waals surface area contributed by atoms with Crippen molar-refractivity contribution in [3.05, 3.63) is 89.6 Å². The average molecular weight is 370 g/mol. The highest BCUT2D eigenvalue weighted by Gasteiger charge is 2.17. The van der Waals surface area contributed by atoms with Crippen LogP contribution in [0.1, 0.15) is 0 Å². The van der Waals surface area contributed by atoms with Crippen molar-refractivity contribution in [2.75, 3.05) is 7.11 Å². The summed E-state index contributed by atoms with van der Waals surface area (Å²) in [6, 6.07) is 28.3. The fourth-order valence-corrected chi connectivity index (χ4v) is 3.44. The predicted octanol–water partition coefficient (Wildman–Crippen LogP) is 6.15. The lowest BCUT2D eigenvalue weighted by atomic mass is 9.92. The Morgan fingerprint density at radius 1 is 0.704 bits per heavy atom. The topological polar surface area (TPSA) is 37.9 Å². The largest absolute Gasteiger partial charge is 0.497 e. The van der Waals surface area contributed by atoms with E-state index in [0.29, 0.717) is 4.64 Å². The molecule has 0 amide bonds. The second-order valence-electron chi connectivity index (χ2n) is 6.11. The van der Waals surface area contributed by atoms with E-state index in [1.807, 2.05) is 60.7 Å². The number of hydrogen-bond donors (Lipinski definition) is 1. The molecule has 1 heterocycles. The smallest absolute Gasteiger partial charge is 0.128 e. The Bertz CT molecular complexity index is 1100. The normalized spacial score (nSPS) is 10.6. The monoisotopic (exact) mass is 370 g/mol. The van der Waals surface area contributed by atoms with E-state index in [-0.39, 0.29) is 0 Å². The van der Waals surface area contributed by atoms with Crippen LogP contribution in [0.4, 0.5) is 0 Å². The van der Waals surface area contributed by atoms with Crippen LogP contribution in [0.25, 0.3) is 33.5 Å². The molecule has 0 unspecified atom stereocenters. The Kier molecular flexibility index (Phi) is 4.81. The van der Waals surface area contributed by atoms with Gasteiger partial charge in [-0.1, -0.05) is 85.0 Å². The van der Waals surface area contributed by atoms with Crippen LogP contribution in [-0.2, 0) is 0 Å². The van der Waals surface area contributed by atoms with Crippen molar-refractivity contribution in [3.8, 4) is 39.3 Å². The SMILES string of the molecule is COc1ccc(-c2c(-c3ccccc3)c(-c3ccccc3)n[nH]c2=S)cc1. The summed E-state index contributed by atoms with van der Waals surface area (Å²) in [4.78, 5) is 0. The van der Waals surface area contributed by atoms with Gasteiger partial charge in [0.15, 0.2) is 0 Å². The maximum atomic E-state index is 5.64. The lowest BCUT2D eigenvalue weighted by Crippen LogP contribution is -1.98. The van der Waals surface area contributed by atoms with Gasteiger partial charge in [-0.25, -0.2) is 0 Å². The van der Waals surface area contributed by atoms with Gasteiger partial charge in [-0.2, -0.15) is 5.10 Å². The molecule has 0 spiro atoms. The molecule has 0 aliphatic carbocycles. The molecular weight excluding hydrogens is 352 g/mol. The Balaban J connectivity index is 2.04. The summed E-state index contributed by atoms with van der Waals surface area (Å²) in [5.74, 6) is 0.812. The fourth-order valence-electron chi connectivity index (χ4n) is 3.17. The molecule has 3 aromatic carbocycles. The van der Waals surface area contributed by atoms with E-state index in [1.165, 1.54) is 0 Å². The molecule has 4 heteroatoms. The molecule has 1 aromatic heterocycles. The molecule has 0 aliphatic heterocycles. The van der Waals surface area contributed by atoms with Crippen LogP contribution in [0.15, 0.2) is 84.9 Å². The zero-order valence-electron chi connectivity index (χ0n) is 14.8. The van der Waals surface area contributed by atoms with Crippen molar-refractivity contribution in [1.29, 1.82) is 0 Å². The molecular formula is C23H18N2OS. The van der Waals surface area contributed by atoms with E-state index in [9.17, 15) is 0 Å². The minimum absolute atomic E-state index is 0.610. The summed E-state index contributed by atoms with van der Waals surface area (Å²) in [5.41, 5.74) is 6.01. The molecule has 0 saturated carbocycles. The summed E-state index contributed by atoms with van der Waals surface area (Å²) in [5, 5.41) is 7.63. The van der Waals surface area contributed by atoms with Crippen molar-refractivity contribution >= 4 is 12.2 Å². The van der Waals surface area contributed by atoms with E-state index in [4.69, 9.17) is 17.0 Å². The average Bonchev–Trinajstić information content (AvgIpc) is 2.75. The molecule has 0 saturated heterocycles. The van der Waals surface area contributed by atoms with Gasteiger partial charge in [0.05, 0.1) is 12.8 Å². The van der Waals surface area contributed by atoms with Crippen LogP contribution < -0.4 is 4.74 Å². The maximum Gasteiger partial charge on any atom is 0.128 e. The Morgan fingerprint density at radius 2 is 1.26 bits per heavy atom. The second kappa shape index (κ2) is 7.56.